The molecule has 2 nitrogen and oxygen atoms in total. The van der Waals surface area contributed by atoms with Gasteiger partial charge in [0.25, 0.3) is 0 Å². The second kappa shape index (κ2) is 7.64. The van der Waals surface area contributed by atoms with Crippen molar-refractivity contribution in [2.75, 3.05) is 6.54 Å². The van der Waals surface area contributed by atoms with Gasteiger partial charge in [-0.05, 0) is 11.1 Å². The van der Waals surface area contributed by atoms with Crippen LogP contribution in [0.1, 0.15) is 11.1 Å². The molecule has 0 atom stereocenters. The van der Waals surface area contributed by atoms with Gasteiger partial charge in [0.2, 0.25) is 0 Å². The van der Waals surface area contributed by atoms with Crippen molar-refractivity contribution in [3.05, 3.63) is 78.3 Å². The molecule has 0 aromatic heterocycles. The molecular formula is C16H19N2. The lowest BCUT2D eigenvalue weighted by Crippen LogP contribution is -2.22. The van der Waals surface area contributed by atoms with Gasteiger partial charge >= 0.3 is 0 Å². The van der Waals surface area contributed by atoms with Crippen molar-refractivity contribution in [1.82, 2.24) is 10.6 Å². The van der Waals surface area contributed by atoms with Crippen LogP contribution in [-0.4, -0.2) is 6.54 Å². The van der Waals surface area contributed by atoms with E-state index >= 15 is 0 Å². The average molecular weight is 239 g/mol. The molecule has 0 spiro atoms. The Hall–Kier alpha value is -1.64. The Morgan fingerprint density at radius 2 is 1.28 bits per heavy atom. The first-order valence-corrected chi connectivity index (χ1v) is 6.29. The Balaban J connectivity index is 1.54. The SMILES string of the molecule is [CH](CNCc1ccccc1)NCc1ccccc1. The second-order valence-corrected chi connectivity index (χ2v) is 4.19. The summed E-state index contributed by atoms with van der Waals surface area (Å²) >= 11 is 0. The van der Waals surface area contributed by atoms with Gasteiger partial charge in [-0.1, -0.05) is 60.7 Å². The molecule has 93 valence electrons. The van der Waals surface area contributed by atoms with Gasteiger partial charge in [-0.2, -0.15) is 0 Å². The molecule has 2 rings (SSSR count). The first-order chi connectivity index (χ1) is 8.95. The Bertz CT molecular complexity index is 382. The number of hydrogen-bond acceptors (Lipinski definition) is 2. The highest BCUT2D eigenvalue weighted by molar-refractivity contribution is 5.15. The van der Waals surface area contributed by atoms with Crippen LogP contribution in [0.25, 0.3) is 0 Å². The molecule has 0 unspecified atom stereocenters. The quantitative estimate of drug-likeness (QED) is 0.726. The third-order valence-corrected chi connectivity index (χ3v) is 2.71. The van der Waals surface area contributed by atoms with Crippen molar-refractivity contribution in [3.63, 3.8) is 0 Å². The van der Waals surface area contributed by atoms with Crippen LogP contribution < -0.4 is 10.6 Å². The van der Waals surface area contributed by atoms with Gasteiger partial charge in [-0.3, -0.25) is 0 Å². The number of hydrogen-bond donors (Lipinski definition) is 2. The number of nitrogens with one attached hydrogen (secondary N) is 2. The number of benzene rings is 2. The monoisotopic (exact) mass is 239 g/mol. The van der Waals surface area contributed by atoms with E-state index in [1.54, 1.807) is 0 Å². The van der Waals surface area contributed by atoms with E-state index in [9.17, 15) is 0 Å². The fourth-order valence-electron chi connectivity index (χ4n) is 1.74. The summed E-state index contributed by atoms with van der Waals surface area (Å²) in [6.45, 7) is 4.72. The molecule has 2 N–H and O–H groups in total. The van der Waals surface area contributed by atoms with Crippen molar-refractivity contribution in [2.24, 2.45) is 0 Å². The molecule has 2 aromatic rings. The van der Waals surface area contributed by atoms with E-state index in [4.69, 9.17) is 0 Å². The Labute approximate surface area is 109 Å². The van der Waals surface area contributed by atoms with Crippen LogP contribution in [0.2, 0.25) is 0 Å². The molecule has 0 fully saturated rings. The Morgan fingerprint density at radius 3 is 1.89 bits per heavy atom. The van der Waals surface area contributed by atoms with Crippen molar-refractivity contribution < 1.29 is 0 Å². The highest BCUT2D eigenvalue weighted by Crippen LogP contribution is 1.98. The predicted molar refractivity (Wildman–Crippen MR) is 75.7 cm³/mol. The average Bonchev–Trinajstić information content (AvgIpc) is 2.45. The molecular weight excluding hydrogens is 220 g/mol. The van der Waals surface area contributed by atoms with Crippen LogP contribution in [0.5, 0.6) is 0 Å². The highest BCUT2D eigenvalue weighted by Gasteiger charge is 1.92. The van der Waals surface area contributed by atoms with E-state index < -0.39 is 0 Å². The zero-order chi connectivity index (χ0) is 12.5. The largest absolute Gasteiger partial charge is 0.311 e. The van der Waals surface area contributed by atoms with E-state index in [0.29, 0.717) is 0 Å². The first-order valence-electron chi connectivity index (χ1n) is 6.29. The highest BCUT2D eigenvalue weighted by atomic mass is 14.9. The minimum Gasteiger partial charge on any atom is -0.311 e. The molecule has 0 saturated heterocycles. The normalized spacial score (nSPS) is 10.4. The Kier molecular flexibility index (Phi) is 5.44. The van der Waals surface area contributed by atoms with Gasteiger partial charge in [-0.15, -0.1) is 0 Å². The van der Waals surface area contributed by atoms with Crippen LogP contribution >= 0.6 is 0 Å². The predicted octanol–water partition coefficient (Wildman–Crippen LogP) is 2.73. The van der Waals surface area contributed by atoms with E-state index in [0.717, 1.165) is 19.6 Å². The molecule has 0 aliphatic rings. The topological polar surface area (TPSA) is 24.1 Å². The summed E-state index contributed by atoms with van der Waals surface area (Å²) < 4.78 is 0. The third kappa shape index (κ3) is 4.70. The van der Waals surface area contributed by atoms with Crippen LogP contribution in [0.15, 0.2) is 60.7 Å². The van der Waals surface area contributed by atoms with Gasteiger partial charge in [0.05, 0.1) is 0 Å². The van der Waals surface area contributed by atoms with Crippen molar-refractivity contribution in [1.29, 1.82) is 0 Å². The van der Waals surface area contributed by atoms with Gasteiger partial charge in [0.15, 0.2) is 0 Å². The second-order valence-electron chi connectivity index (χ2n) is 4.19. The molecule has 18 heavy (non-hydrogen) atoms. The van der Waals surface area contributed by atoms with E-state index in [2.05, 4.69) is 65.7 Å². The van der Waals surface area contributed by atoms with Gasteiger partial charge < -0.3 is 10.6 Å². The van der Waals surface area contributed by atoms with Gasteiger partial charge in [0, 0.05) is 26.2 Å². The van der Waals surface area contributed by atoms with Crippen molar-refractivity contribution in [3.8, 4) is 0 Å². The molecule has 2 aromatic carbocycles. The molecule has 0 saturated carbocycles. The number of rotatable bonds is 7. The molecule has 0 heterocycles. The minimum absolute atomic E-state index is 0.863. The summed E-state index contributed by atoms with van der Waals surface area (Å²) in [6.07, 6.45) is 0. The third-order valence-electron chi connectivity index (χ3n) is 2.71. The first kappa shape index (κ1) is 12.8. The fourth-order valence-corrected chi connectivity index (χ4v) is 1.74. The van der Waals surface area contributed by atoms with Crippen LogP contribution in [0, 0.1) is 6.54 Å². The van der Waals surface area contributed by atoms with Crippen LogP contribution in [0.3, 0.4) is 0 Å². The molecule has 0 amide bonds. The van der Waals surface area contributed by atoms with E-state index in [-0.39, 0.29) is 0 Å². The summed E-state index contributed by atoms with van der Waals surface area (Å²) in [4.78, 5) is 0. The maximum Gasteiger partial charge on any atom is 0.0362 e. The summed E-state index contributed by atoms with van der Waals surface area (Å²) in [7, 11) is 0. The van der Waals surface area contributed by atoms with Crippen molar-refractivity contribution in [2.45, 2.75) is 13.1 Å². The lowest BCUT2D eigenvalue weighted by molar-refractivity contribution is 0.674. The minimum atomic E-state index is 0.863. The molecule has 2 heteroatoms. The maximum atomic E-state index is 3.37. The van der Waals surface area contributed by atoms with Gasteiger partial charge in [-0.25, -0.2) is 0 Å². The molecule has 1 radical (unpaired) electrons. The smallest absolute Gasteiger partial charge is 0.0362 e. The summed E-state index contributed by atoms with van der Waals surface area (Å²) in [6, 6.07) is 20.8. The lowest BCUT2D eigenvalue weighted by Gasteiger charge is -2.06. The molecule has 0 aliphatic heterocycles. The fraction of sp³-hybridized carbons (Fsp3) is 0.188. The zero-order valence-corrected chi connectivity index (χ0v) is 10.5. The van der Waals surface area contributed by atoms with Crippen molar-refractivity contribution >= 4 is 0 Å². The molecule has 0 bridgehead atoms. The summed E-state index contributed by atoms with van der Waals surface area (Å²) in [5, 5.41) is 6.67. The Morgan fingerprint density at radius 1 is 0.722 bits per heavy atom. The van der Waals surface area contributed by atoms with E-state index in [1.807, 2.05) is 12.1 Å². The standard InChI is InChI=1S/C16H19N2/c1-3-7-15(8-4-1)13-17-11-12-18-14-16-9-5-2-6-10-16/h1-11,17-18H,12-14H2. The van der Waals surface area contributed by atoms with Crippen LogP contribution in [0.4, 0.5) is 0 Å². The summed E-state index contributed by atoms with van der Waals surface area (Å²) in [5.74, 6) is 0. The van der Waals surface area contributed by atoms with Crippen LogP contribution in [-0.2, 0) is 13.1 Å². The lowest BCUT2D eigenvalue weighted by atomic mass is 10.2. The van der Waals surface area contributed by atoms with E-state index in [1.165, 1.54) is 11.1 Å². The molecule has 0 aliphatic carbocycles. The zero-order valence-electron chi connectivity index (χ0n) is 10.5. The maximum absolute atomic E-state index is 3.37. The summed E-state index contributed by atoms with van der Waals surface area (Å²) in [5.41, 5.74) is 2.62. The van der Waals surface area contributed by atoms with Gasteiger partial charge in [0.1, 0.15) is 0 Å².